The van der Waals surface area contributed by atoms with E-state index in [2.05, 4.69) is 57.6 Å². The maximum atomic E-state index is 5.97. The van der Waals surface area contributed by atoms with E-state index in [1.165, 1.54) is 0 Å². The van der Waals surface area contributed by atoms with Crippen LogP contribution >= 0.6 is 0 Å². The minimum Gasteiger partial charge on any atom is -0.473 e. The number of ether oxygens (including phenoxy) is 1. The first-order valence-electron chi connectivity index (χ1n) is 9.38. The molecule has 2 aromatic carbocycles. The van der Waals surface area contributed by atoms with Crippen molar-refractivity contribution in [3.63, 3.8) is 0 Å². The van der Waals surface area contributed by atoms with Gasteiger partial charge in [0.1, 0.15) is 6.61 Å². The summed E-state index contributed by atoms with van der Waals surface area (Å²) in [6.45, 7) is 0.450. The minimum absolute atomic E-state index is 0.450. The third-order valence-electron chi connectivity index (χ3n) is 4.83. The van der Waals surface area contributed by atoms with Crippen LogP contribution in [0.2, 0.25) is 0 Å². The van der Waals surface area contributed by atoms with E-state index in [4.69, 9.17) is 9.72 Å². The molecule has 0 fully saturated rings. The normalized spacial score (nSPS) is 10.9. The number of fused-ring (bicyclic) bond motifs is 1. The zero-order valence-electron chi connectivity index (χ0n) is 15.6. The van der Waals surface area contributed by atoms with Crippen LogP contribution < -0.4 is 4.74 Å². The van der Waals surface area contributed by atoms with Gasteiger partial charge < -0.3 is 4.74 Å². The van der Waals surface area contributed by atoms with Gasteiger partial charge in [0.15, 0.2) is 0 Å². The van der Waals surface area contributed by atoms with Crippen LogP contribution in [-0.2, 0) is 6.61 Å². The van der Waals surface area contributed by atoms with Crippen LogP contribution in [-0.4, -0.2) is 20.2 Å². The van der Waals surface area contributed by atoms with Crippen molar-refractivity contribution < 1.29 is 4.74 Å². The lowest BCUT2D eigenvalue weighted by atomic mass is 10.1. The Morgan fingerprint density at radius 1 is 0.793 bits per heavy atom. The predicted molar refractivity (Wildman–Crippen MR) is 113 cm³/mol. The smallest absolute Gasteiger partial charge is 0.217 e. The van der Waals surface area contributed by atoms with E-state index in [1.54, 1.807) is 18.6 Å². The van der Waals surface area contributed by atoms with Crippen LogP contribution in [0.25, 0.3) is 33.3 Å². The number of hydrogen-bond acceptors (Lipinski definition) is 4. The summed E-state index contributed by atoms with van der Waals surface area (Å²) in [6, 6.07) is 24.4. The molecule has 140 valence electrons. The van der Waals surface area contributed by atoms with Crippen molar-refractivity contribution in [2.75, 3.05) is 0 Å². The lowest BCUT2D eigenvalue weighted by molar-refractivity contribution is 0.294. The van der Waals surface area contributed by atoms with Gasteiger partial charge in [0.05, 0.1) is 23.0 Å². The van der Waals surface area contributed by atoms with Crippen LogP contribution in [0, 0.1) is 0 Å². The maximum Gasteiger partial charge on any atom is 0.217 e. The molecule has 0 spiro atoms. The summed E-state index contributed by atoms with van der Waals surface area (Å²) in [5, 5.41) is 8.18. The number of hydrogen-bond donors (Lipinski definition) is 1. The third kappa shape index (κ3) is 3.58. The second kappa shape index (κ2) is 7.56. The van der Waals surface area contributed by atoms with Crippen molar-refractivity contribution in [3.8, 4) is 28.3 Å². The van der Waals surface area contributed by atoms with Crippen molar-refractivity contribution in [3.05, 3.63) is 97.0 Å². The topological polar surface area (TPSA) is 63.7 Å². The average molecular weight is 378 g/mol. The molecular formula is C24H18N4O. The fourth-order valence-corrected chi connectivity index (χ4v) is 3.28. The SMILES string of the molecule is c1ccc2nc(-c3ccc(COc4[nH]ncc4-c4ccncc4)cc3)ccc2c1. The molecule has 0 radical (unpaired) electrons. The number of aromatic nitrogens is 4. The third-order valence-corrected chi connectivity index (χ3v) is 4.83. The van der Waals surface area contributed by atoms with Crippen LogP contribution in [0.4, 0.5) is 0 Å². The van der Waals surface area contributed by atoms with Gasteiger partial charge in [-0.25, -0.2) is 10.1 Å². The van der Waals surface area contributed by atoms with Crippen molar-refractivity contribution in [1.82, 2.24) is 20.2 Å². The summed E-state index contributed by atoms with van der Waals surface area (Å²) in [5.74, 6) is 0.650. The Bertz CT molecular complexity index is 1250. The summed E-state index contributed by atoms with van der Waals surface area (Å²) in [6.07, 6.45) is 5.27. The summed E-state index contributed by atoms with van der Waals surface area (Å²) in [7, 11) is 0. The summed E-state index contributed by atoms with van der Waals surface area (Å²) >= 11 is 0. The first kappa shape index (κ1) is 17.1. The molecule has 5 rings (SSSR count). The first-order valence-corrected chi connectivity index (χ1v) is 9.38. The van der Waals surface area contributed by atoms with Crippen LogP contribution in [0.5, 0.6) is 5.88 Å². The Morgan fingerprint density at radius 3 is 2.48 bits per heavy atom. The quantitative estimate of drug-likeness (QED) is 0.453. The zero-order chi connectivity index (χ0) is 19.5. The average Bonchev–Trinajstić information content (AvgIpc) is 3.27. The molecule has 3 aromatic heterocycles. The summed E-state index contributed by atoms with van der Waals surface area (Å²) in [5.41, 5.74) is 6.05. The number of para-hydroxylation sites is 1. The number of pyridine rings is 2. The van der Waals surface area contributed by atoms with Gasteiger partial charge in [-0.3, -0.25) is 4.98 Å². The lowest BCUT2D eigenvalue weighted by Gasteiger charge is -2.08. The van der Waals surface area contributed by atoms with Gasteiger partial charge in [-0.1, -0.05) is 48.5 Å². The highest BCUT2D eigenvalue weighted by Gasteiger charge is 2.09. The fraction of sp³-hybridized carbons (Fsp3) is 0.0417. The number of nitrogens with zero attached hydrogens (tertiary/aromatic N) is 3. The van der Waals surface area contributed by atoms with E-state index in [-0.39, 0.29) is 0 Å². The molecule has 0 bridgehead atoms. The monoisotopic (exact) mass is 378 g/mol. The van der Waals surface area contributed by atoms with Crippen molar-refractivity contribution >= 4 is 10.9 Å². The lowest BCUT2D eigenvalue weighted by Crippen LogP contribution is -1.97. The predicted octanol–water partition coefficient (Wildman–Crippen LogP) is 5.27. The second-order valence-corrected chi connectivity index (χ2v) is 6.72. The van der Waals surface area contributed by atoms with E-state index >= 15 is 0 Å². The molecule has 0 saturated heterocycles. The molecular weight excluding hydrogens is 360 g/mol. The first-order chi connectivity index (χ1) is 14.4. The molecule has 5 aromatic rings. The van der Waals surface area contributed by atoms with Gasteiger partial charge in [0.25, 0.3) is 0 Å². The Kier molecular flexibility index (Phi) is 4.47. The Hall–Kier alpha value is -3.99. The van der Waals surface area contributed by atoms with E-state index < -0.39 is 0 Å². The minimum atomic E-state index is 0.450. The molecule has 5 nitrogen and oxygen atoms in total. The number of H-pyrrole nitrogens is 1. The Labute approximate surface area is 168 Å². The molecule has 29 heavy (non-hydrogen) atoms. The van der Waals surface area contributed by atoms with Gasteiger partial charge in [0.2, 0.25) is 5.88 Å². The van der Waals surface area contributed by atoms with E-state index in [9.17, 15) is 0 Å². The molecule has 5 heteroatoms. The second-order valence-electron chi connectivity index (χ2n) is 6.72. The molecule has 3 heterocycles. The van der Waals surface area contributed by atoms with Gasteiger partial charge in [-0.05, 0) is 35.4 Å². The molecule has 1 N–H and O–H groups in total. The summed E-state index contributed by atoms with van der Waals surface area (Å²) in [4.78, 5) is 8.81. The van der Waals surface area contributed by atoms with Crippen molar-refractivity contribution in [2.24, 2.45) is 0 Å². The number of rotatable bonds is 5. The number of nitrogens with one attached hydrogen (secondary N) is 1. The molecule has 0 aliphatic rings. The van der Waals surface area contributed by atoms with Crippen molar-refractivity contribution in [2.45, 2.75) is 6.61 Å². The van der Waals surface area contributed by atoms with Gasteiger partial charge in [-0.15, -0.1) is 0 Å². The molecule has 0 amide bonds. The fourth-order valence-electron chi connectivity index (χ4n) is 3.28. The molecule has 0 aliphatic heterocycles. The molecule has 0 saturated carbocycles. The largest absolute Gasteiger partial charge is 0.473 e. The zero-order valence-corrected chi connectivity index (χ0v) is 15.6. The van der Waals surface area contributed by atoms with Gasteiger partial charge >= 0.3 is 0 Å². The standard InChI is InChI=1S/C24H18N4O/c1-2-4-22-19(3-1)9-10-23(27-22)20-7-5-17(6-8-20)16-29-24-21(15-26-28-24)18-11-13-25-14-12-18/h1-15H,16H2,(H,26,28). The van der Waals surface area contributed by atoms with Crippen molar-refractivity contribution in [1.29, 1.82) is 0 Å². The highest BCUT2D eigenvalue weighted by molar-refractivity contribution is 5.81. The number of aromatic amines is 1. The van der Waals surface area contributed by atoms with E-state index in [0.29, 0.717) is 12.5 Å². The van der Waals surface area contributed by atoms with Crippen LogP contribution in [0.15, 0.2) is 91.4 Å². The Balaban J connectivity index is 1.32. The maximum absolute atomic E-state index is 5.97. The van der Waals surface area contributed by atoms with Crippen LogP contribution in [0.1, 0.15) is 5.56 Å². The van der Waals surface area contributed by atoms with Crippen LogP contribution in [0.3, 0.4) is 0 Å². The molecule has 0 unspecified atom stereocenters. The molecule has 0 atom stereocenters. The van der Waals surface area contributed by atoms with Gasteiger partial charge in [0, 0.05) is 23.3 Å². The van der Waals surface area contributed by atoms with Gasteiger partial charge in [-0.2, -0.15) is 5.10 Å². The number of benzene rings is 2. The van der Waals surface area contributed by atoms with E-state index in [1.807, 2.05) is 30.3 Å². The highest BCUT2D eigenvalue weighted by atomic mass is 16.5. The molecule has 0 aliphatic carbocycles. The summed E-state index contributed by atoms with van der Waals surface area (Å²) < 4.78 is 5.97. The van der Waals surface area contributed by atoms with E-state index in [0.717, 1.165) is 38.9 Å². The Morgan fingerprint density at radius 2 is 1.62 bits per heavy atom. The highest BCUT2D eigenvalue weighted by Crippen LogP contribution is 2.28.